The molecule has 0 saturated carbocycles. The molecule has 0 spiro atoms. The van der Waals surface area contributed by atoms with Crippen molar-refractivity contribution in [3.8, 4) is 5.75 Å². The molecule has 0 aromatic carbocycles. The predicted octanol–water partition coefficient (Wildman–Crippen LogP) is 1.62. The van der Waals surface area contributed by atoms with Crippen LogP contribution in [0.4, 0.5) is 0 Å². The van der Waals surface area contributed by atoms with Gasteiger partial charge in [-0.3, -0.25) is 9.20 Å². The minimum Gasteiger partial charge on any atom is -0.495 e. The van der Waals surface area contributed by atoms with E-state index in [-0.39, 0.29) is 6.42 Å². The second-order valence-corrected chi connectivity index (χ2v) is 3.57. The van der Waals surface area contributed by atoms with Crippen molar-refractivity contribution >= 4 is 23.2 Å². The Morgan fingerprint density at radius 2 is 2.38 bits per heavy atom. The lowest BCUT2D eigenvalue weighted by Crippen LogP contribution is -2.00. The highest BCUT2D eigenvalue weighted by Crippen LogP contribution is 2.21. The summed E-state index contributed by atoms with van der Waals surface area (Å²) in [5.41, 5.74) is 0.949. The molecule has 2 aromatic rings. The largest absolute Gasteiger partial charge is 0.495 e. The summed E-state index contributed by atoms with van der Waals surface area (Å²) in [6.45, 7) is 0. The van der Waals surface area contributed by atoms with Crippen molar-refractivity contribution in [1.82, 2.24) is 9.38 Å². The van der Waals surface area contributed by atoms with Crippen LogP contribution in [0, 0.1) is 0 Å². The zero-order valence-corrected chi connectivity index (χ0v) is 9.23. The van der Waals surface area contributed by atoms with Gasteiger partial charge in [0.15, 0.2) is 0 Å². The molecule has 16 heavy (non-hydrogen) atoms. The Balaban J connectivity index is 2.54. The zero-order valence-electron chi connectivity index (χ0n) is 8.48. The summed E-state index contributed by atoms with van der Waals surface area (Å²) in [7, 11) is 1.55. The molecule has 0 aliphatic carbocycles. The Bertz CT molecular complexity index is 550. The van der Waals surface area contributed by atoms with Crippen LogP contribution in [0.15, 0.2) is 18.3 Å². The quantitative estimate of drug-likeness (QED) is 0.886. The van der Waals surface area contributed by atoms with Crippen LogP contribution in [0.2, 0.25) is 5.15 Å². The number of methoxy groups -OCH3 is 1. The molecule has 0 atom stereocenters. The average Bonchev–Trinajstić information content (AvgIpc) is 2.55. The number of imidazole rings is 1. The molecule has 2 aromatic heterocycles. The van der Waals surface area contributed by atoms with Gasteiger partial charge in [-0.25, -0.2) is 4.98 Å². The first-order valence-corrected chi connectivity index (χ1v) is 4.92. The summed E-state index contributed by atoms with van der Waals surface area (Å²) < 4.78 is 6.64. The number of nitrogens with zero attached hydrogens (tertiary/aromatic N) is 2. The maximum Gasteiger partial charge on any atom is 0.309 e. The van der Waals surface area contributed by atoms with Gasteiger partial charge in [-0.2, -0.15) is 0 Å². The Kier molecular flexibility index (Phi) is 2.70. The number of halogens is 1. The second-order valence-electron chi connectivity index (χ2n) is 3.22. The van der Waals surface area contributed by atoms with E-state index in [1.807, 2.05) is 0 Å². The molecule has 84 valence electrons. The van der Waals surface area contributed by atoms with Gasteiger partial charge in [-0.05, 0) is 12.1 Å². The molecule has 0 saturated heterocycles. The van der Waals surface area contributed by atoms with Crippen molar-refractivity contribution in [2.45, 2.75) is 6.42 Å². The number of pyridine rings is 1. The van der Waals surface area contributed by atoms with Crippen LogP contribution in [0.25, 0.3) is 5.65 Å². The van der Waals surface area contributed by atoms with Gasteiger partial charge in [0.25, 0.3) is 0 Å². The first kappa shape index (κ1) is 10.8. The lowest BCUT2D eigenvalue weighted by Gasteiger charge is -2.00. The number of carboxylic acids is 1. The van der Waals surface area contributed by atoms with E-state index in [2.05, 4.69) is 4.98 Å². The monoisotopic (exact) mass is 240 g/mol. The van der Waals surface area contributed by atoms with E-state index in [0.29, 0.717) is 22.2 Å². The van der Waals surface area contributed by atoms with Crippen molar-refractivity contribution in [1.29, 1.82) is 0 Å². The Morgan fingerprint density at radius 1 is 1.62 bits per heavy atom. The summed E-state index contributed by atoms with van der Waals surface area (Å²) in [6, 6.07) is 3.46. The fourth-order valence-electron chi connectivity index (χ4n) is 1.42. The van der Waals surface area contributed by atoms with Gasteiger partial charge in [-0.15, -0.1) is 0 Å². The Morgan fingerprint density at radius 3 is 3.00 bits per heavy atom. The number of aromatic nitrogens is 2. The molecule has 0 unspecified atom stereocenters. The summed E-state index contributed by atoms with van der Waals surface area (Å²) in [6.07, 6.45) is 1.47. The van der Waals surface area contributed by atoms with E-state index in [0.717, 1.165) is 0 Å². The summed E-state index contributed by atoms with van der Waals surface area (Å²) in [4.78, 5) is 14.7. The van der Waals surface area contributed by atoms with Crippen LogP contribution in [0.1, 0.15) is 5.69 Å². The van der Waals surface area contributed by atoms with Crippen molar-refractivity contribution < 1.29 is 14.6 Å². The molecule has 0 aliphatic rings. The first-order valence-electron chi connectivity index (χ1n) is 4.54. The van der Waals surface area contributed by atoms with Crippen LogP contribution in [0.5, 0.6) is 5.75 Å². The lowest BCUT2D eigenvalue weighted by molar-refractivity contribution is -0.136. The minimum absolute atomic E-state index is 0.192. The number of rotatable bonds is 3. The molecular formula is C10H9ClN2O3. The number of carbonyl (C=O) groups is 1. The molecule has 1 N–H and O–H groups in total. The van der Waals surface area contributed by atoms with Gasteiger partial charge in [0.05, 0.1) is 25.4 Å². The Labute approximate surface area is 96.2 Å². The van der Waals surface area contributed by atoms with Gasteiger partial charge in [0.1, 0.15) is 16.5 Å². The third kappa shape index (κ3) is 1.81. The molecule has 5 nitrogen and oxygen atoms in total. The average molecular weight is 241 g/mol. The highest BCUT2D eigenvalue weighted by molar-refractivity contribution is 6.30. The Hall–Kier alpha value is -1.75. The third-order valence-corrected chi connectivity index (χ3v) is 2.55. The van der Waals surface area contributed by atoms with Gasteiger partial charge in [-0.1, -0.05) is 11.6 Å². The van der Waals surface area contributed by atoms with Crippen LogP contribution in [-0.4, -0.2) is 27.6 Å². The SMILES string of the molecule is COc1ccc2nc(CC(=O)O)c(Cl)n2c1. The molecule has 0 fully saturated rings. The number of hydrogen-bond acceptors (Lipinski definition) is 3. The molecule has 6 heteroatoms. The van der Waals surface area contributed by atoms with E-state index < -0.39 is 5.97 Å². The summed E-state index contributed by atoms with van der Waals surface area (Å²) in [5, 5.41) is 8.99. The molecule has 0 aliphatic heterocycles. The van der Waals surface area contributed by atoms with Crippen molar-refractivity contribution in [2.75, 3.05) is 7.11 Å². The minimum atomic E-state index is -0.961. The van der Waals surface area contributed by atoms with E-state index in [1.165, 1.54) is 0 Å². The van der Waals surface area contributed by atoms with Gasteiger partial charge in [0, 0.05) is 0 Å². The maximum absolute atomic E-state index is 10.6. The fourth-order valence-corrected chi connectivity index (χ4v) is 1.67. The number of aliphatic carboxylic acids is 1. The number of hydrogen-bond donors (Lipinski definition) is 1. The van der Waals surface area contributed by atoms with Crippen molar-refractivity contribution in [3.63, 3.8) is 0 Å². The van der Waals surface area contributed by atoms with Crippen LogP contribution in [0.3, 0.4) is 0 Å². The summed E-state index contributed by atoms with van der Waals surface area (Å²) in [5.74, 6) is -0.328. The topological polar surface area (TPSA) is 63.8 Å². The molecule has 2 heterocycles. The number of ether oxygens (including phenoxy) is 1. The predicted molar refractivity (Wildman–Crippen MR) is 58.1 cm³/mol. The summed E-state index contributed by atoms with van der Waals surface area (Å²) >= 11 is 6.01. The van der Waals surface area contributed by atoms with Gasteiger partial charge < -0.3 is 9.84 Å². The van der Waals surface area contributed by atoms with Crippen LogP contribution >= 0.6 is 11.6 Å². The van der Waals surface area contributed by atoms with Crippen molar-refractivity contribution in [3.05, 3.63) is 29.2 Å². The number of carboxylic acid groups (broad SMARTS) is 1. The van der Waals surface area contributed by atoms with Gasteiger partial charge >= 0.3 is 5.97 Å². The highest BCUT2D eigenvalue weighted by atomic mass is 35.5. The van der Waals surface area contributed by atoms with Crippen LogP contribution in [-0.2, 0) is 11.2 Å². The third-order valence-electron chi connectivity index (χ3n) is 2.15. The smallest absolute Gasteiger partial charge is 0.309 e. The first-order chi connectivity index (χ1) is 7.61. The van der Waals surface area contributed by atoms with E-state index in [1.54, 1.807) is 29.8 Å². The normalized spacial score (nSPS) is 10.6. The fraction of sp³-hybridized carbons (Fsp3) is 0.200. The molecule has 2 rings (SSSR count). The highest BCUT2D eigenvalue weighted by Gasteiger charge is 2.13. The van der Waals surface area contributed by atoms with E-state index in [9.17, 15) is 4.79 Å². The van der Waals surface area contributed by atoms with Crippen LogP contribution < -0.4 is 4.74 Å². The van der Waals surface area contributed by atoms with Gasteiger partial charge in [0.2, 0.25) is 0 Å². The van der Waals surface area contributed by atoms with Crippen molar-refractivity contribution in [2.24, 2.45) is 0 Å². The standard InChI is InChI=1S/C10H9ClN2O3/c1-16-6-2-3-8-12-7(4-9(14)15)10(11)13(8)5-6/h2-3,5H,4H2,1H3,(H,14,15). The maximum atomic E-state index is 10.6. The molecule has 0 amide bonds. The number of fused-ring (bicyclic) bond motifs is 1. The second kappa shape index (κ2) is 4.02. The van der Waals surface area contributed by atoms with E-state index in [4.69, 9.17) is 21.4 Å². The molecule has 0 bridgehead atoms. The van der Waals surface area contributed by atoms with E-state index >= 15 is 0 Å². The molecular weight excluding hydrogens is 232 g/mol. The zero-order chi connectivity index (χ0) is 11.7. The molecule has 0 radical (unpaired) electrons. The lowest BCUT2D eigenvalue weighted by atomic mass is 10.3.